The maximum atomic E-state index is 4.68. The van der Waals surface area contributed by atoms with Crippen LogP contribution in [0.1, 0.15) is 16.7 Å². The predicted octanol–water partition coefficient (Wildman–Crippen LogP) is 3.87. The van der Waals surface area contributed by atoms with Gasteiger partial charge >= 0.3 is 0 Å². The van der Waals surface area contributed by atoms with Crippen molar-refractivity contribution in [1.29, 1.82) is 0 Å². The fraction of sp³-hybridized carbons (Fsp3) is 0.318. The fourth-order valence-electron chi connectivity index (χ4n) is 3.44. The van der Waals surface area contributed by atoms with E-state index in [9.17, 15) is 0 Å². The number of benzene rings is 2. The fourth-order valence-corrected chi connectivity index (χ4v) is 3.44. The first-order valence-electron chi connectivity index (χ1n) is 9.69. The van der Waals surface area contributed by atoms with Crippen molar-refractivity contribution in [2.75, 3.05) is 41.3 Å². The van der Waals surface area contributed by atoms with Crippen molar-refractivity contribution in [2.45, 2.75) is 20.8 Å². The predicted molar refractivity (Wildman–Crippen MR) is 115 cm³/mol. The number of nitrogens with one attached hydrogen (secondary N) is 1. The van der Waals surface area contributed by atoms with Gasteiger partial charge in [0.15, 0.2) is 5.82 Å². The molecule has 1 fully saturated rings. The van der Waals surface area contributed by atoms with Gasteiger partial charge in [0.1, 0.15) is 0 Å². The molecule has 1 N–H and O–H groups in total. The van der Waals surface area contributed by atoms with Crippen LogP contribution in [0.25, 0.3) is 0 Å². The molecular formula is C22H26N6. The molecule has 0 saturated carbocycles. The topological polar surface area (TPSA) is 57.2 Å². The Bertz CT molecular complexity index is 963. The van der Waals surface area contributed by atoms with Gasteiger partial charge in [0, 0.05) is 37.6 Å². The summed E-state index contributed by atoms with van der Waals surface area (Å²) in [6.07, 6.45) is 1.67. The van der Waals surface area contributed by atoms with Crippen molar-refractivity contribution in [3.63, 3.8) is 0 Å². The zero-order valence-electron chi connectivity index (χ0n) is 16.7. The van der Waals surface area contributed by atoms with Crippen molar-refractivity contribution < 1.29 is 0 Å². The van der Waals surface area contributed by atoms with E-state index in [4.69, 9.17) is 0 Å². The minimum atomic E-state index is 0.678. The molecular weight excluding hydrogens is 348 g/mol. The molecule has 0 bridgehead atoms. The lowest BCUT2D eigenvalue weighted by Gasteiger charge is -2.36. The molecule has 1 aliphatic heterocycles. The van der Waals surface area contributed by atoms with Crippen LogP contribution in [0.4, 0.5) is 23.1 Å². The normalized spacial score (nSPS) is 14.2. The molecule has 0 radical (unpaired) electrons. The second-order valence-corrected chi connectivity index (χ2v) is 7.38. The van der Waals surface area contributed by atoms with Crippen LogP contribution in [0.2, 0.25) is 0 Å². The Morgan fingerprint density at radius 2 is 1.64 bits per heavy atom. The van der Waals surface area contributed by atoms with Gasteiger partial charge in [-0.15, -0.1) is 5.10 Å². The highest BCUT2D eigenvalue weighted by Crippen LogP contribution is 2.21. The van der Waals surface area contributed by atoms with E-state index in [1.165, 1.54) is 22.4 Å². The van der Waals surface area contributed by atoms with Gasteiger partial charge in [-0.05, 0) is 61.7 Å². The summed E-state index contributed by atoms with van der Waals surface area (Å²) >= 11 is 0. The van der Waals surface area contributed by atoms with Gasteiger partial charge in [-0.25, -0.2) is 0 Å². The molecule has 3 aromatic rings. The highest BCUT2D eigenvalue weighted by Gasteiger charge is 2.20. The van der Waals surface area contributed by atoms with Crippen LogP contribution < -0.4 is 15.1 Å². The zero-order valence-corrected chi connectivity index (χ0v) is 16.7. The van der Waals surface area contributed by atoms with E-state index in [1.54, 1.807) is 6.20 Å². The molecule has 2 aromatic carbocycles. The molecule has 1 aromatic heterocycles. The third-order valence-electron chi connectivity index (χ3n) is 5.26. The average Bonchev–Trinajstić information content (AvgIpc) is 2.71. The molecule has 2 heterocycles. The number of aromatic nitrogens is 3. The molecule has 1 aliphatic rings. The summed E-state index contributed by atoms with van der Waals surface area (Å²) in [5.74, 6) is 1.40. The van der Waals surface area contributed by atoms with Crippen LogP contribution in [-0.4, -0.2) is 41.4 Å². The van der Waals surface area contributed by atoms with Gasteiger partial charge in [-0.1, -0.05) is 18.2 Å². The lowest BCUT2D eigenvalue weighted by atomic mass is 10.1. The number of aryl methyl sites for hydroxylation is 3. The second kappa shape index (κ2) is 7.84. The van der Waals surface area contributed by atoms with Gasteiger partial charge in [0.2, 0.25) is 5.95 Å². The molecule has 0 atom stereocenters. The van der Waals surface area contributed by atoms with Crippen molar-refractivity contribution in [3.8, 4) is 0 Å². The average molecular weight is 374 g/mol. The quantitative estimate of drug-likeness (QED) is 0.748. The summed E-state index contributed by atoms with van der Waals surface area (Å²) in [4.78, 5) is 9.29. The summed E-state index contributed by atoms with van der Waals surface area (Å²) < 4.78 is 0. The van der Waals surface area contributed by atoms with Gasteiger partial charge in [0.05, 0.1) is 6.20 Å². The van der Waals surface area contributed by atoms with E-state index in [1.807, 2.05) is 0 Å². The second-order valence-electron chi connectivity index (χ2n) is 7.38. The van der Waals surface area contributed by atoms with Crippen molar-refractivity contribution in [2.24, 2.45) is 0 Å². The first-order valence-corrected chi connectivity index (χ1v) is 9.69. The third-order valence-corrected chi connectivity index (χ3v) is 5.26. The van der Waals surface area contributed by atoms with Gasteiger partial charge in [-0.3, -0.25) is 0 Å². The molecule has 1 saturated heterocycles. The molecule has 0 unspecified atom stereocenters. The lowest BCUT2D eigenvalue weighted by Crippen LogP contribution is -2.47. The number of hydrogen-bond donors (Lipinski definition) is 1. The molecule has 0 amide bonds. The number of rotatable bonds is 4. The van der Waals surface area contributed by atoms with E-state index in [-0.39, 0.29) is 0 Å². The molecule has 28 heavy (non-hydrogen) atoms. The monoisotopic (exact) mass is 374 g/mol. The molecule has 0 aliphatic carbocycles. The Labute approximate surface area is 166 Å². The van der Waals surface area contributed by atoms with E-state index in [2.05, 4.69) is 93.5 Å². The first-order chi connectivity index (χ1) is 13.6. The Morgan fingerprint density at radius 1 is 0.857 bits per heavy atom. The van der Waals surface area contributed by atoms with Crippen molar-refractivity contribution in [1.82, 2.24) is 15.2 Å². The summed E-state index contributed by atoms with van der Waals surface area (Å²) in [5, 5.41) is 11.8. The van der Waals surface area contributed by atoms with Crippen LogP contribution in [-0.2, 0) is 0 Å². The van der Waals surface area contributed by atoms with E-state index >= 15 is 0 Å². The molecule has 6 heteroatoms. The molecule has 6 nitrogen and oxygen atoms in total. The van der Waals surface area contributed by atoms with Crippen LogP contribution in [0, 0.1) is 20.8 Å². The van der Waals surface area contributed by atoms with Crippen LogP contribution in [0.15, 0.2) is 48.7 Å². The van der Waals surface area contributed by atoms with Crippen LogP contribution >= 0.6 is 0 Å². The van der Waals surface area contributed by atoms with Crippen LogP contribution in [0.5, 0.6) is 0 Å². The van der Waals surface area contributed by atoms with Gasteiger partial charge in [-0.2, -0.15) is 10.1 Å². The summed E-state index contributed by atoms with van der Waals surface area (Å²) in [6, 6.07) is 15.0. The maximum Gasteiger partial charge on any atom is 0.247 e. The lowest BCUT2D eigenvalue weighted by molar-refractivity contribution is 0.635. The van der Waals surface area contributed by atoms with Gasteiger partial charge < -0.3 is 15.1 Å². The molecule has 0 spiro atoms. The van der Waals surface area contributed by atoms with E-state index in [0.717, 1.165) is 37.7 Å². The van der Waals surface area contributed by atoms with Gasteiger partial charge in [0.25, 0.3) is 0 Å². The first kappa shape index (κ1) is 18.2. The number of anilines is 4. The van der Waals surface area contributed by atoms with Crippen molar-refractivity contribution in [3.05, 3.63) is 65.4 Å². The minimum Gasteiger partial charge on any atom is -0.368 e. The smallest absolute Gasteiger partial charge is 0.247 e. The standard InChI is InChI=1S/C22H26N6/c1-16-5-4-6-20(13-16)27-9-11-28(12-10-27)22-25-21(15-23-26-22)24-19-8-7-17(2)18(3)14-19/h4-8,13-15H,9-12H2,1-3H3,(H,24,25,26). The number of nitrogens with zero attached hydrogens (tertiary/aromatic N) is 5. The Kier molecular flexibility index (Phi) is 5.10. The van der Waals surface area contributed by atoms with E-state index in [0.29, 0.717) is 5.95 Å². The molecule has 4 rings (SSSR count). The summed E-state index contributed by atoms with van der Waals surface area (Å²) in [5.41, 5.74) is 6.11. The highest BCUT2D eigenvalue weighted by atomic mass is 15.4. The highest BCUT2D eigenvalue weighted by molar-refractivity contribution is 5.58. The SMILES string of the molecule is Cc1cccc(N2CCN(c3nncc(Nc4ccc(C)c(C)c4)n3)CC2)c1. The minimum absolute atomic E-state index is 0.678. The number of piperazine rings is 1. The summed E-state index contributed by atoms with van der Waals surface area (Å²) in [7, 11) is 0. The third kappa shape index (κ3) is 4.06. The molecule has 144 valence electrons. The Hall–Kier alpha value is -3.15. The Balaban J connectivity index is 1.43. The zero-order chi connectivity index (χ0) is 19.5. The summed E-state index contributed by atoms with van der Waals surface area (Å²) in [6.45, 7) is 10.00. The van der Waals surface area contributed by atoms with Crippen molar-refractivity contribution >= 4 is 23.1 Å². The Morgan fingerprint density at radius 3 is 2.39 bits per heavy atom. The largest absolute Gasteiger partial charge is 0.368 e. The maximum absolute atomic E-state index is 4.68. The van der Waals surface area contributed by atoms with Crippen LogP contribution in [0.3, 0.4) is 0 Å². The van der Waals surface area contributed by atoms with E-state index < -0.39 is 0 Å². The number of hydrogen-bond acceptors (Lipinski definition) is 6.